The lowest BCUT2D eigenvalue weighted by atomic mass is 10.3. The molecule has 0 aromatic heterocycles. The van der Waals surface area contributed by atoms with Crippen LogP contribution in [0.1, 0.15) is 12.8 Å². The number of alkyl halides is 2. The van der Waals surface area contributed by atoms with Gasteiger partial charge in [-0.3, -0.25) is 0 Å². The van der Waals surface area contributed by atoms with E-state index in [1.807, 2.05) is 0 Å². The van der Waals surface area contributed by atoms with Crippen molar-refractivity contribution in [1.29, 1.82) is 0 Å². The van der Waals surface area contributed by atoms with Gasteiger partial charge in [0, 0.05) is 10.2 Å². The Morgan fingerprint density at radius 2 is 2.12 bits per heavy atom. The first-order valence-corrected chi connectivity index (χ1v) is 5.03. The second-order valence-corrected chi connectivity index (χ2v) is 4.71. The molecule has 2 aliphatic rings. The highest BCUT2D eigenvalue weighted by Gasteiger charge is 2.68. The van der Waals surface area contributed by atoms with Gasteiger partial charge in [-0.05, 0) is 24.2 Å². The summed E-state index contributed by atoms with van der Waals surface area (Å²) in [4.78, 5) is 0.873. The van der Waals surface area contributed by atoms with Gasteiger partial charge in [-0.1, -0.05) is 31.9 Å². The predicted molar refractivity (Wildman–Crippen MR) is 41.7 cm³/mol. The number of rotatable bonds is 1. The Bertz CT molecular complexity index is 124. The Balaban J connectivity index is 1.97. The third-order valence-electron chi connectivity index (χ3n) is 2.49. The zero-order chi connectivity index (χ0) is 5.78. The lowest BCUT2D eigenvalue weighted by Crippen LogP contribution is -1.82. The van der Waals surface area contributed by atoms with E-state index < -0.39 is 0 Å². The highest BCUT2D eigenvalue weighted by atomic mass is 79.9. The van der Waals surface area contributed by atoms with Gasteiger partial charge in [-0.2, -0.15) is 0 Å². The Kier molecular flexibility index (Phi) is 1.08. The van der Waals surface area contributed by atoms with Crippen LogP contribution in [0.2, 0.25) is 0 Å². The van der Waals surface area contributed by atoms with E-state index in [1.165, 1.54) is 18.2 Å². The first-order chi connectivity index (χ1) is 3.79. The minimum absolute atomic E-state index is 0.795. The van der Waals surface area contributed by atoms with Gasteiger partial charge in [0.1, 0.15) is 0 Å². The third-order valence-corrected chi connectivity index (χ3v) is 4.51. The van der Waals surface area contributed by atoms with E-state index in [9.17, 15) is 0 Å². The predicted octanol–water partition coefficient (Wildman–Crippen LogP) is 2.55. The van der Waals surface area contributed by atoms with Crippen LogP contribution < -0.4 is 0 Å². The van der Waals surface area contributed by atoms with Crippen molar-refractivity contribution >= 4 is 31.9 Å². The molecule has 2 rings (SSSR count). The molecule has 0 heterocycles. The van der Waals surface area contributed by atoms with Gasteiger partial charge in [0.2, 0.25) is 0 Å². The quantitative estimate of drug-likeness (QED) is 0.618. The molecule has 46 valence electrons. The van der Waals surface area contributed by atoms with Crippen molar-refractivity contribution in [1.82, 2.24) is 0 Å². The molecule has 1 spiro atoms. The largest absolute Gasteiger partial charge is 0.0925 e. The van der Waals surface area contributed by atoms with Crippen LogP contribution in [0.15, 0.2) is 0 Å². The van der Waals surface area contributed by atoms with Crippen LogP contribution >= 0.6 is 31.9 Å². The van der Waals surface area contributed by atoms with Crippen molar-refractivity contribution in [2.75, 3.05) is 5.33 Å². The van der Waals surface area contributed by atoms with Crippen LogP contribution in [0, 0.1) is 11.3 Å². The van der Waals surface area contributed by atoms with Gasteiger partial charge < -0.3 is 0 Å². The fraction of sp³-hybridized carbons (Fsp3) is 1.00. The summed E-state index contributed by atoms with van der Waals surface area (Å²) in [7, 11) is 0. The SMILES string of the molecule is BrC[C@H]1C[C@@]12C[C@H]2Br. The van der Waals surface area contributed by atoms with Gasteiger partial charge in [0.15, 0.2) is 0 Å². The lowest BCUT2D eigenvalue weighted by Gasteiger charge is -1.83. The van der Waals surface area contributed by atoms with E-state index in [-0.39, 0.29) is 0 Å². The Morgan fingerprint density at radius 3 is 2.25 bits per heavy atom. The molecule has 0 aromatic carbocycles. The van der Waals surface area contributed by atoms with E-state index in [1.54, 1.807) is 0 Å². The fourth-order valence-corrected chi connectivity index (χ4v) is 3.55. The maximum absolute atomic E-state index is 3.63. The number of hydrogen-bond donors (Lipinski definition) is 0. The fourth-order valence-electron chi connectivity index (χ4n) is 1.52. The van der Waals surface area contributed by atoms with Gasteiger partial charge >= 0.3 is 0 Å². The zero-order valence-electron chi connectivity index (χ0n) is 4.53. The molecule has 2 fully saturated rings. The van der Waals surface area contributed by atoms with E-state index in [4.69, 9.17) is 0 Å². The molecule has 0 aromatic rings. The Labute approximate surface area is 66.3 Å². The van der Waals surface area contributed by atoms with Crippen LogP contribution in [0.4, 0.5) is 0 Å². The maximum Gasteiger partial charge on any atom is 0.0211 e. The molecule has 2 heteroatoms. The normalized spacial score (nSPS) is 59.2. The van der Waals surface area contributed by atoms with Crippen LogP contribution in [0.25, 0.3) is 0 Å². The minimum Gasteiger partial charge on any atom is -0.0925 e. The Hall–Kier alpha value is 0.960. The first kappa shape index (κ1) is 5.72. The van der Waals surface area contributed by atoms with Crippen LogP contribution in [0.5, 0.6) is 0 Å². The van der Waals surface area contributed by atoms with Crippen LogP contribution in [-0.4, -0.2) is 10.2 Å². The maximum atomic E-state index is 3.63. The molecule has 0 radical (unpaired) electrons. The average molecular weight is 240 g/mol. The van der Waals surface area contributed by atoms with Crippen LogP contribution in [-0.2, 0) is 0 Å². The highest BCUT2D eigenvalue weighted by Crippen LogP contribution is 2.73. The molecular formula is C6H8Br2. The highest BCUT2D eigenvalue weighted by molar-refractivity contribution is 9.09. The lowest BCUT2D eigenvalue weighted by molar-refractivity contribution is 0.790. The summed E-state index contributed by atoms with van der Waals surface area (Å²) in [5.74, 6) is 1.01. The molecule has 0 saturated heterocycles. The molecule has 0 nitrogen and oxygen atoms in total. The van der Waals surface area contributed by atoms with Crippen molar-refractivity contribution in [3.63, 3.8) is 0 Å². The van der Waals surface area contributed by atoms with Crippen molar-refractivity contribution < 1.29 is 0 Å². The van der Waals surface area contributed by atoms with E-state index in [2.05, 4.69) is 31.9 Å². The molecule has 2 saturated carbocycles. The van der Waals surface area contributed by atoms with Crippen molar-refractivity contribution in [2.45, 2.75) is 17.7 Å². The van der Waals surface area contributed by atoms with Crippen molar-refractivity contribution in [3.8, 4) is 0 Å². The van der Waals surface area contributed by atoms with Gasteiger partial charge in [-0.25, -0.2) is 0 Å². The van der Waals surface area contributed by atoms with Crippen molar-refractivity contribution in [3.05, 3.63) is 0 Å². The molecule has 0 amide bonds. The van der Waals surface area contributed by atoms with Gasteiger partial charge in [0.05, 0.1) is 0 Å². The molecule has 3 atom stereocenters. The summed E-state index contributed by atoms with van der Waals surface area (Å²) in [5, 5.41) is 1.22. The molecular weight excluding hydrogens is 232 g/mol. The van der Waals surface area contributed by atoms with E-state index >= 15 is 0 Å². The van der Waals surface area contributed by atoms with Gasteiger partial charge in [-0.15, -0.1) is 0 Å². The molecule has 0 N–H and O–H groups in total. The van der Waals surface area contributed by atoms with Crippen molar-refractivity contribution in [2.24, 2.45) is 11.3 Å². The minimum atomic E-state index is 0.795. The van der Waals surface area contributed by atoms with E-state index in [0.29, 0.717) is 0 Å². The summed E-state index contributed by atoms with van der Waals surface area (Å²) in [6.45, 7) is 0. The number of hydrogen-bond acceptors (Lipinski definition) is 0. The molecule has 0 unspecified atom stereocenters. The Morgan fingerprint density at radius 1 is 1.50 bits per heavy atom. The van der Waals surface area contributed by atoms with E-state index in [0.717, 1.165) is 16.2 Å². The summed E-state index contributed by atoms with van der Waals surface area (Å²) in [6.07, 6.45) is 2.90. The molecule has 2 aliphatic carbocycles. The second-order valence-electron chi connectivity index (χ2n) is 2.96. The molecule has 0 bridgehead atoms. The summed E-state index contributed by atoms with van der Waals surface area (Å²) < 4.78 is 0. The summed E-state index contributed by atoms with van der Waals surface area (Å²) in [6, 6.07) is 0. The topological polar surface area (TPSA) is 0 Å². The number of halogens is 2. The molecule has 8 heavy (non-hydrogen) atoms. The smallest absolute Gasteiger partial charge is 0.0211 e. The summed E-state index contributed by atoms with van der Waals surface area (Å²) >= 11 is 7.12. The van der Waals surface area contributed by atoms with Crippen LogP contribution in [0.3, 0.4) is 0 Å². The first-order valence-electron chi connectivity index (χ1n) is 2.99. The molecule has 0 aliphatic heterocycles. The summed E-state index contributed by atoms with van der Waals surface area (Å²) in [5.41, 5.74) is 0.795. The standard InChI is InChI=1S/C6H8Br2/c7-3-4-1-6(4)2-5(6)8/h4-5H,1-3H2/t4-,5-,6-/m1/s1. The monoisotopic (exact) mass is 238 g/mol. The zero-order valence-corrected chi connectivity index (χ0v) is 7.70. The second kappa shape index (κ2) is 1.51. The van der Waals surface area contributed by atoms with Gasteiger partial charge in [0.25, 0.3) is 0 Å². The average Bonchev–Trinajstić information content (AvgIpc) is 2.55. The third kappa shape index (κ3) is 0.563.